The van der Waals surface area contributed by atoms with Crippen molar-refractivity contribution < 1.29 is 9.13 Å². The van der Waals surface area contributed by atoms with Crippen LogP contribution in [0, 0.1) is 5.82 Å². The van der Waals surface area contributed by atoms with Gasteiger partial charge in [0.2, 0.25) is 0 Å². The molecule has 1 fully saturated rings. The first kappa shape index (κ1) is 19.9. The van der Waals surface area contributed by atoms with Gasteiger partial charge in [0.1, 0.15) is 0 Å². The summed E-state index contributed by atoms with van der Waals surface area (Å²) in [6, 6.07) is 16.7. The van der Waals surface area contributed by atoms with Crippen LogP contribution in [-0.4, -0.2) is 45.1 Å². The zero-order valence-electron chi connectivity index (χ0n) is 16.3. The maximum absolute atomic E-state index is 13.7. The fourth-order valence-electron chi connectivity index (χ4n) is 3.50. The van der Waals surface area contributed by atoms with Gasteiger partial charge in [-0.1, -0.05) is 48.5 Å². The molecule has 0 spiro atoms. The number of aromatic nitrogens is 3. The van der Waals surface area contributed by atoms with E-state index in [1.165, 1.54) is 25.3 Å². The van der Waals surface area contributed by atoms with Crippen molar-refractivity contribution >= 4 is 11.8 Å². The van der Waals surface area contributed by atoms with Gasteiger partial charge in [-0.25, -0.2) is 4.39 Å². The highest BCUT2D eigenvalue weighted by molar-refractivity contribution is 7.99. The topological polar surface area (TPSA) is 43.2 Å². The number of thioether (sulfide) groups is 1. The number of likely N-dealkylation sites (tertiary alicyclic amines) is 1. The van der Waals surface area contributed by atoms with E-state index < -0.39 is 0 Å². The summed E-state index contributed by atoms with van der Waals surface area (Å²) in [6.07, 6.45) is 3.80. The van der Waals surface area contributed by atoms with Crippen molar-refractivity contribution in [3.8, 4) is 11.4 Å². The molecular weight excluding hydrogens is 387 g/mol. The first-order valence-electron chi connectivity index (χ1n) is 10.0. The Morgan fingerprint density at radius 2 is 1.69 bits per heavy atom. The zero-order chi connectivity index (χ0) is 19.9. The lowest BCUT2D eigenvalue weighted by atomic mass is 10.1. The maximum atomic E-state index is 13.7. The summed E-state index contributed by atoms with van der Waals surface area (Å²) >= 11 is 1.57. The molecule has 0 amide bonds. The third-order valence-electron chi connectivity index (χ3n) is 4.94. The monoisotopic (exact) mass is 412 g/mol. The molecule has 0 aliphatic carbocycles. The summed E-state index contributed by atoms with van der Waals surface area (Å²) in [5.41, 5.74) is 1.06. The van der Waals surface area contributed by atoms with E-state index in [4.69, 9.17) is 4.74 Å². The van der Waals surface area contributed by atoms with E-state index in [0.29, 0.717) is 12.4 Å². The molecule has 1 aliphatic heterocycles. The van der Waals surface area contributed by atoms with E-state index in [-0.39, 0.29) is 11.6 Å². The lowest BCUT2D eigenvalue weighted by Crippen LogP contribution is -2.30. The number of hydrogen-bond donors (Lipinski definition) is 0. The summed E-state index contributed by atoms with van der Waals surface area (Å²) in [6.45, 7) is 3.42. The Morgan fingerprint density at radius 1 is 0.931 bits per heavy atom. The van der Waals surface area contributed by atoms with E-state index in [1.807, 2.05) is 18.2 Å². The summed E-state index contributed by atoms with van der Waals surface area (Å²) in [7, 11) is 0. The van der Waals surface area contributed by atoms with Crippen LogP contribution < -0.4 is 4.74 Å². The molecule has 29 heavy (non-hydrogen) atoms. The van der Waals surface area contributed by atoms with Crippen LogP contribution in [0.5, 0.6) is 5.75 Å². The van der Waals surface area contributed by atoms with Crippen molar-refractivity contribution in [1.82, 2.24) is 19.7 Å². The average Bonchev–Trinajstić information content (AvgIpc) is 3.16. The van der Waals surface area contributed by atoms with Gasteiger partial charge >= 0.3 is 0 Å². The Hall–Kier alpha value is -2.38. The van der Waals surface area contributed by atoms with Crippen LogP contribution in [0.2, 0.25) is 0 Å². The molecule has 152 valence electrons. The lowest BCUT2D eigenvalue weighted by Gasteiger charge is -2.26. The predicted molar refractivity (Wildman–Crippen MR) is 113 cm³/mol. The van der Waals surface area contributed by atoms with Gasteiger partial charge in [-0.3, -0.25) is 9.47 Å². The van der Waals surface area contributed by atoms with Gasteiger partial charge in [-0.05, 0) is 50.2 Å². The Balaban J connectivity index is 1.45. The van der Waals surface area contributed by atoms with Crippen LogP contribution in [0.25, 0.3) is 5.69 Å². The number of halogens is 1. The van der Waals surface area contributed by atoms with Gasteiger partial charge in [0.15, 0.2) is 22.5 Å². The smallest absolute Gasteiger partial charge is 0.195 e. The zero-order valence-corrected chi connectivity index (χ0v) is 17.2. The van der Waals surface area contributed by atoms with Crippen molar-refractivity contribution in [3.05, 3.63) is 66.2 Å². The minimum Gasteiger partial charge on any atom is -0.490 e. The molecule has 5 nitrogen and oxygen atoms in total. The Labute approximate surface area is 174 Å². The molecule has 0 atom stereocenters. The summed E-state index contributed by atoms with van der Waals surface area (Å²) in [5, 5.41) is 9.76. The fourth-order valence-corrected chi connectivity index (χ4v) is 4.28. The van der Waals surface area contributed by atoms with Gasteiger partial charge in [-0.15, -0.1) is 10.2 Å². The first-order valence-corrected chi connectivity index (χ1v) is 11.0. The van der Waals surface area contributed by atoms with Crippen LogP contribution in [-0.2, 0) is 6.54 Å². The van der Waals surface area contributed by atoms with Gasteiger partial charge < -0.3 is 4.74 Å². The molecule has 2 aromatic carbocycles. The molecule has 7 heteroatoms. The number of ether oxygens (including phenoxy) is 1. The largest absolute Gasteiger partial charge is 0.490 e. The maximum Gasteiger partial charge on any atom is 0.195 e. The highest BCUT2D eigenvalue weighted by atomic mass is 32.2. The fraction of sp³-hybridized carbons (Fsp3) is 0.364. The van der Waals surface area contributed by atoms with Crippen LogP contribution in [0.3, 0.4) is 0 Å². The average molecular weight is 413 g/mol. The van der Waals surface area contributed by atoms with Crippen molar-refractivity contribution in [3.63, 3.8) is 0 Å². The van der Waals surface area contributed by atoms with E-state index in [2.05, 4.69) is 31.8 Å². The minimum absolute atomic E-state index is 0.281. The van der Waals surface area contributed by atoms with Gasteiger partial charge in [0.25, 0.3) is 0 Å². The first-order chi connectivity index (χ1) is 14.3. The quantitative estimate of drug-likeness (QED) is 0.401. The summed E-state index contributed by atoms with van der Waals surface area (Å²) in [5.74, 6) is 1.55. The third kappa shape index (κ3) is 5.16. The van der Waals surface area contributed by atoms with Crippen LogP contribution in [0.1, 0.15) is 25.1 Å². The van der Waals surface area contributed by atoms with Gasteiger partial charge in [0.05, 0.1) is 13.2 Å². The number of hydrogen-bond acceptors (Lipinski definition) is 5. The van der Waals surface area contributed by atoms with E-state index in [0.717, 1.165) is 36.3 Å². The molecule has 0 N–H and O–H groups in total. The highest BCUT2D eigenvalue weighted by Crippen LogP contribution is 2.24. The van der Waals surface area contributed by atoms with Gasteiger partial charge in [-0.2, -0.15) is 0 Å². The molecular formula is C22H25FN4OS. The molecule has 0 saturated carbocycles. The normalized spacial score (nSPS) is 14.8. The molecule has 0 radical (unpaired) electrons. The molecule has 1 aliphatic rings. The lowest BCUT2D eigenvalue weighted by molar-refractivity contribution is 0.214. The molecule has 4 rings (SSSR count). The highest BCUT2D eigenvalue weighted by Gasteiger charge is 2.18. The second-order valence-corrected chi connectivity index (χ2v) is 8.10. The number of para-hydroxylation sites is 2. The van der Waals surface area contributed by atoms with Crippen molar-refractivity contribution in [2.24, 2.45) is 0 Å². The van der Waals surface area contributed by atoms with Crippen LogP contribution in [0.15, 0.2) is 59.8 Å². The van der Waals surface area contributed by atoms with E-state index in [9.17, 15) is 4.39 Å². The predicted octanol–water partition coefficient (Wildman–Crippen LogP) is 4.56. The molecule has 2 heterocycles. The van der Waals surface area contributed by atoms with Crippen LogP contribution in [0.4, 0.5) is 4.39 Å². The minimum atomic E-state index is -0.339. The van der Waals surface area contributed by atoms with E-state index >= 15 is 0 Å². The Bertz CT molecular complexity index is 912. The van der Waals surface area contributed by atoms with Crippen molar-refractivity contribution in [2.45, 2.75) is 31.0 Å². The molecule has 0 bridgehead atoms. The number of rotatable bonds is 8. The molecule has 1 aromatic heterocycles. The van der Waals surface area contributed by atoms with Crippen LogP contribution >= 0.6 is 11.8 Å². The van der Waals surface area contributed by atoms with E-state index in [1.54, 1.807) is 30.0 Å². The number of benzene rings is 2. The molecule has 1 saturated heterocycles. The third-order valence-corrected chi connectivity index (χ3v) is 5.83. The van der Waals surface area contributed by atoms with Crippen molar-refractivity contribution in [2.75, 3.05) is 25.4 Å². The molecule has 3 aromatic rings. The van der Waals surface area contributed by atoms with Gasteiger partial charge in [0, 0.05) is 11.4 Å². The SMILES string of the molecule is Fc1ccccc1OCCSc1nnc(CN2CCCCC2)n1-c1ccccc1. The second kappa shape index (κ2) is 9.89. The summed E-state index contributed by atoms with van der Waals surface area (Å²) in [4.78, 5) is 2.45. The van der Waals surface area contributed by atoms with Crippen molar-refractivity contribution in [1.29, 1.82) is 0 Å². The standard InChI is InChI=1S/C22H25FN4OS/c23-19-11-5-6-12-20(19)28-15-16-29-22-25-24-21(17-26-13-7-2-8-14-26)27(22)18-9-3-1-4-10-18/h1,3-6,9-12H,2,7-8,13-17H2. The summed E-state index contributed by atoms with van der Waals surface area (Å²) < 4.78 is 21.4. The number of piperidine rings is 1. The number of nitrogens with zero attached hydrogens (tertiary/aromatic N) is 4. The Kier molecular flexibility index (Phi) is 6.79. The Morgan fingerprint density at radius 3 is 2.48 bits per heavy atom. The molecule has 0 unspecified atom stereocenters. The second-order valence-electron chi connectivity index (χ2n) is 7.03.